The van der Waals surface area contributed by atoms with Crippen molar-refractivity contribution in [1.82, 2.24) is 4.98 Å². The maximum absolute atomic E-state index is 13.8. The molecule has 4 aromatic rings. The van der Waals surface area contributed by atoms with Crippen molar-refractivity contribution in [3.63, 3.8) is 0 Å². The minimum atomic E-state index is -0.843. The maximum atomic E-state index is 13.8. The number of fused-ring (bicyclic) bond motifs is 1. The van der Waals surface area contributed by atoms with Crippen LogP contribution in [0.5, 0.6) is 0 Å². The second-order valence-corrected chi connectivity index (χ2v) is 6.35. The molecule has 4 rings (SSSR count). The van der Waals surface area contributed by atoms with Crippen molar-refractivity contribution in [2.45, 2.75) is 6.92 Å². The largest absolute Gasteiger partial charge is 0.256 e. The van der Waals surface area contributed by atoms with Gasteiger partial charge in [-0.3, -0.25) is 4.98 Å². The van der Waals surface area contributed by atoms with Crippen molar-refractivity contribution >= 4 is 10.8 Å². The Hall–Kier alpha value is -3.51. The molecule has 3 heteroatoms. The molecule has 27 heavy (non-hydrogen) atoms. The van der Waals surface area contributed by atoms with Crippen molar-refractivity contribution in [3.8, 4) is 23.1 Å². The van der Waals surface area contributed by atoms with Gasteiger partial charge in [0.2, 0.25) is 0 Å². The lowest BCUT2D eigenvalue weighted by atomic mass is 10.1. The highest BCUT2D eigenvalue weighted by Crippen LogP contribution is 2.21. The van der Waals surface area contributed by atoms with Gasteiger partial charge in [0.1, 0.15) is 0 Å². The third kappa shape index (κ3) is 3.56. The Bertz CT molecular complexity index is 1180. The monoisotopic (exact) mass is 355 g/mol. The molecule has 0 amide bonds. The number of aryl methyl sites for hydroxylation is 1. The fourth-order valence-corrected chi connectivity index (χ4v) is 2.85. The van der Waals surface area contributed by atoms with Gasteiger partial charge < -0.3 is 0 Å². The van der Waals surface area contributed by atoms with E-state index in [9.17, 15) is 8.78 Å². The van der Waals surface area contributed by atoms with Crippen LogP contribution in [-0.4, -0.2) is 4.98 Å². The molecule has 1 heterocycles. The molecular weight excluding hydrogens is 340 g/mol. The highest BCUT2D eigenvalue weighted by Gasteiger charge is 2.06. The van der Waals surface area contributed by atoms with Crippen molar-refractivity contribution in [3.05, 3.63) is 101 Å². The molecule has 0 unspecified atom stereocenters. The quantitative estimate of drug-likeness (QED) is 0.388. The maximum Gasteiger partial charge on any atom is 0.166 e. The zero-order valence-corrected chi connectivity index (χ0v) is 14.6. The second-order valence-electron chi connectivity index (χ2n) is 6.35. The standard InChI is InChI=1S/C24H15F2N/c1-16-2-13-23(27-15-16)19-8-5-17(6-9-19)3-4-18-7-11-21-20(14-18)10-12-22(25)24(21)26/h2,5-15H,1H3. The number of hydrogen-bond acceptors (Lipinski definition) is 1. The summed E-state index contributed by atoms with van der Waals surface area (Å²) in [6, 6.07) is 19.6. The van der Waals surface area contributed by atoms with E-state index in [0.717, 1.165) is 34.0 Å². The molecule has 0 aliphatic heterocycles. The van der Waals surface area contributed by atoms with Crippen molar-refractivity contribution in [1.29, 1.82) is 0 Å². The van der Waals surface area contributed by atoms with Crippen molar-refractivity contribution in [2.24, 2.45) is 0 Å². The lowest BCUT2D eigenvalue weighted by Crippen LogP contribution is -1.87. The Morgan fingerprint density at radius 3 is 2.26 bits per heavy atom. The Labute approximate surface area is 156 Å². The lowest BCUT2D eigenvalue weighted by Gasteiger charge is -2.02. The number of halogens is 2. The van der Waals surface area contributed by atoms with E-state index >= 15 is 0 Å². The van der Waals surface area contributed by atoms with Crippen molar-refractivity contribution in [2.75, 3.05) is 0 Å². The number of pyridine rings is 1. The van der Waals surface area contributed by atoms with Crippen LogP contribution in [-0.2, 0) is 0 Å². The Morgan fingerprint density at radius 2 is 1.52 bits per heavy atom. The van der Waals surface area contributed by atoms with Crippen LogP contribution in [0.3, 0.4) is 0 Å². The van der Waals surface area contributed by atoms with Gasteiger partial charge in [-0.15, -0.1) is 0 Å². The zero-order valence-electron chi connectivity index (χ0n) is 14.6. The van der Waals surface area contributed by atoms with Crippen LogP contribution in [0.2, 0.25) is 0 Å². The van der Waals surface area contributed by atoms with Crippen LogP contribution in [0.25, 0.3) is 22.0 Å². The fraction of sp³-hybridized carbons (Fsp3) is 0.0417. The van der Waals surface area contributed by atoms with Crippen LogP contribution in [0, 0.1) is 30.4 Å². The van der Waals surface area contributed by atoms with Crippen LogP contribution < -0.4 is 0 Å². The van der Waals surface area contributed by atoms with Gasteiger partial charge in [0, 0.05) is 28.3 Å². The number of nitrogens with zero attached hydrogens (tertiary/aromatic N) is 1. The average molecular weight is 355 g/mol. The zero-order chi connectivity index (χ0) is 18.8. The molecule has 1 aromatic heterocycles. The minimum Gasteiger partial charge on any atom is -0.256 e. The summed E-state index contributed by atoms with van der Waals surface area (Å²) in [6.45, 7) is 2.01. The molecule has 0 saturated heterocycles. The van der Waals surface area contributed by atoms with E-state index < -0.39 is 11.6 Å². The summed E-state index contributed by atoms with van der Waals surface area (Å²) in [5, 5.41) is 0.886. The molecule has 0 N–H and O–H groups in total. The Balaban J connectivity index is 1.60. The van der Waals surface area contributed by atoms with Crippen LogP contribution in [0.15, 0.2) is 72.9 Å². The first-order chi connectivity index (χ1) is 13.1. The molecular formula is C24H15F2N. The first kappa shape index (κ1) is 16.9. The average Bonchev–Trinajstić information content (AvgIpc) is 2.70. The molecule has 0 aliphatic rings. The third-order valence-electron chi connectivity index (χ3n) is 4.35. The molecule has 0 fully saturated rings. The molecule has 0 bridgehead atoms. The fourth-order valence-electron chi connectivity index (χ4n) is 2.85. The first-order valence-electron chi connectivity index (χ1n) is 8.53. The highest BCUT2D eigenvalue weighted by molar-refractivity contribution is 5.84. The number of rotatable bonds is 1. The molecule has 0 atom stereocenters. The van der Waals surface area contributed by atoms with Gasteiger partial charge in [0.05, 0.1) is 5.69 Å². The van der Waals surface area contributed by atoms with Gasteiger partial charge in [0.15, 0.2) is 11.6 Å². The van der Waals surface area contributed by atoms with E-state index in [0.29, 0.717) is 5.39 Å². The van der Waals surface area contributed by atoms with Gasteiger partial charge in [-0.2, -0.15) is 0 Å². The molecule has 0 spiro atoms. The highest BCUT2D eigenvalue weighted by atomic mass is 19.2. The summed E-state index contributed by atoms with van der Waals surface area (Å²) in [7, 11) is 0. The van der Waals surface area contributed by atoms with E-state index in [4.69, 9.17) is 0 Å². The molecule has 0 saturated carbocycles. The first-order valence-corrected chi connectivity index (χ1v) is 8.53. The van der Waals surface area contributed by atoms with Crippen LogP contribution in [0.4, 0.5) is 8.78 Å². The normalized spacial score (nSPS) is 10.5. The summed E-state index contributed by atoms with van der Waals surface area (Å²) in [6.07, 6.45) is 1.84. The summed E-state index contributed by atoms with van der Waals surface area (Å²) in [4.78, 5) is 4.42. The molecule has 0 aliphatic carbocycles. The van der Waals surface area contributed by atoms with Gasteiger partial charge >= 0.3 is 0 Å². The van der Waals surface area contributed by atoms with E-state index in [1.54, 1.807) is 24.3 Å². The third-order valence-corrected chi connectivity index (χ3v) is 4.35. The van der Waals surface area contributed by atoms with Crippen LogP contribution in [0.1, 0.15) is 16.7 Å². The Morgan fingerprint density at radius 1 is 0.778 bits per heavy atom. The number of aromatic nitrogens is 1. The summed E-state index contributed by atoms with van der Waals surface area (Å²) >= 11 is 0. The molecule has 3 aromatic carbocycles. The lowest BCUT2D eigenvalue weighted by molar-refractivity contribution is 0.517. The van der Waals surface area contributed by atoms with Crippen LogP contribution >= 0.6 is 0 Å². The number of hydrogen-bond donors (Lipinski definition) is 0. The minimum absolute atomic E-state index is 0.260. The summed E-state index contributed by atoms with van der Waals surface area (Å²) in [5.41, 5.74) is 4.70. The predicted molar refractivity (Wildman–Crippen MR) is 104 cm³/mol. The molecule has 1 nitrogen and oxygen atoms in total. The van der Waals surface area contributed by atoms with Gasteiger partial charge in [-0.05, 0) is 54.3 Å². The predicted octanol–water partition coefficient (Wildman–Crippen LogP) is 5.89. The SMILES string of the molecule is Cc1ccc(-c2ccc(C#Cc3ccc4c(F)c(F)ccc4c3)cc2)nc1. The summed E-state index contributed by atoms with van der Waals surface area (Å²) in [5.74, 6) is 4.50. The second kappa shape index (κ2) is 7.01. The van der Waals surface area contributed by atoms with E-state index in [2.05, 4.69) is 16.8 Å². The van der Waals surface area contributed by atoms with Crippen molar-refractivity contribution < 1.29 is 8.78 Å². The van der Waals surface area contributed by atoms with E-state index in [1.807, 2.05) is 49.5 Å². The van der Waals surface area contributed by atoms with E-state index in [-0.39, 0.29) is 5.39 Å². The smallest absolute Gasteiger partial charge is 0.166 e. The van der Waals surface area contributed by atoms with E-state index in [1.165, 1.54) is 0 Å². The van der Waals surface area contributed by atoms with Gasteiger partial charge in [-0.1, -0.05) is 42.2 Å². The number of benzene rings is 3. The molecule has 0 radical (unpaired) electrons. The molecule has 130 valence electrons. The van der Waals surface area contributed by atoms with Gasteiger partial charge in [0.25, 0.3) is 0 Å². The topological polar surface area (TPSA) is 12.9 Å². The summed E-state index contributed by atoms with van der Waals surface area (Å²) < 4.78 is 27.1. The van der Waals surface area contributed by atoms with Gasteiger partial charge in [-0.25, -0.2) is 8.78 Å². The Kier molecular flexibility index (Phi) is 4.40.